The van der Waals surface area contributed by atoms with E-state index in [4.69, 9.17) is 5.26 Å². The van der Waals surface area contributed by atoms with Gasteiger partial charge in [-0.1, -0.05) is 6.07 Å². The van der Waals surface area contributed by atoms with Gasteiger partial charge in [0.2, 0.25) is 0 Å². The first-order valence-electron chi connectivity index (χ1n) is 4.85. The van der Waals surface area contributed by atoms with E-state index in [1.54, 1.807) is 20.8 Å². The van der Waals surface area contributed by atoms with Crippen LogP contribution in [0.15, 0.2) is 18.2 Å². The van der Waals surface area contributed by atoms with Crippen molar-refractivity contribution in [2.24, 2.45) is 0 Å². The first-order valence-corrected chi connectivity index (χ1v) is 4.85. The molecule has 1 amide bonds. The standard InChI is InChI=1S/C12H13FN2O/c1-8-4-5-9(13)6-10(8)11(16)15-12(2,3)7-14/h4-6H,1-3H3,(H,15,16). The van der Waals surface area contributed by atoms with Crippen molar-refractivity contribution in [1.82, 2.24) is 5.32 Å². The van der Waals surface area contributed by atoms with Gasteiger partial charge in [0.1, 0.15) is 11.4 Å². The molecule has 0 spiro atoms. The van der Waals surface area contributed by atoms with Crippen molar-refractivity contribution in [3.05, 3.63) is 35.1 Å². The van der Waals surface area contributed by atoms with Crippen molar-refractivity contribution in [1.29, 1.82) is 5.26 Å². The summed E-state index contributed by atoms with van der Waals surface area (Å²) in [5.41, 5.74) is -0.0356. The van der Waals surface area contributed by atoms with E-state index in [1.807, 2.05) is 6.07 Å². The number of rotatable bonds is 2. The van der Waals surface area contributed by atoms with Crippen molar-refractivity contribution in [3.63, 3.8) is 0 Å². The van der Waals surface area contributed by atoms with Gasteiger partial charge in [0, 0.05) is 5.56 Å². The van der Waals surface area contributed by atoms with Gasteiger partial charge in [-0.2, -0.15) is 5.26 Å². The third kappa shape index (κ3) is 2.80. The molecule has 0 saturated heterocycles. The van der Waals surface area contributed by atoms with E-state index >= 15 is 0 Å². The summed E-state index contributed by atoms with van der Waals surface area (Å²) in [5, 5.41) is 11.3. The molecule has 1 aromatic rings. The van der Waals surface area contributed by atoms with Crippen LogP contribution in [0.5, 0.6) is 0 Å². The summed E-state index contributed by atoms with van der Waals surface area (Å²) in [5.74, 6) is -0.908. The molecule has 0 aliphatic rings. The number of hydrogen-bond acceptors (Lipinski definition) is 2. The molecule has 1 rings (SSSR count). The summed E-state index contributed by atoms with van der Waals surface area (Å²) in [4.78, 5) is 11.8. The maximum Gasteiger partial charge on any atom is 0.252 e. The van der Waals surface area contributed by atoms with E-state index in [0.717, 1.165) is 6.07 Å². The SMILES string of the molecule is Cc1ccc(F)cc1C(=O)NC(C)(C)C#N. The van der Waals surface area contributed by atoms with Crippen LogP contribution in [-0.4, -0.2) is 11.4 Å². The van der Waals surface area contributed by atoms with Crippen LogP contribution < -0.4 is 5.32 Å². The fraction of sp³-hybridized carbons (Fsp3) is 0.333. The molecule has 0 unspecified atom stereocenters. The topological polar surface area (TPSA) is 52.9 Å². The summed E-state index contributed by atoms with van der Waals surface area (Å²) in [6, 6.07) is 5.94. The Morgan fingerprint density at radius 1 is 1.50 bits per heavy atom. The van der Waals surface area contributed by atoms with Crippen molar-refractivity contribution in [2.75, 3.05) is 0 Å². The Bertz CT molecular complexity index is 461. The normalized spacial score (nSPS) is 10.7. The second-order valence-electron chi connectivity index (χ2n) is 4.15. The minimum absolute atomic E-state index is 0.253. The molecule has 1 N–H and O–H groups in total. The number of benzene rings is 1. The molecule has 0 bridgehead atoms. The van der Waals surface area contributed by atoms with Crippen LogP contribution in [0.25, 0.3) is 0 Å². The number of nitriles is 1. The highest BCUT2D eigenvalue weighted by Gasteiger charge is 2.21. The molecular weight excluding hydrogens is 207 g/mol. The molecule has 0 aliphatic carbocycles. The van der Waals surface area contributed by atoms with Gasteiger partial charge in [0.05, 0.1) is 6.07 Å². The predicted molar refractivity (Wildman–Crippen MR) is 58.3 cm³/mol. The highest BCUT2D eigenvalue weighted by molar-refractivity contribution is 5.96. The molecular formula is C12H13FN2O. The summed E-state index contributed by atoms with van der Waals surface area (Å²) in [6.07, 6.45) is 0. The van der Waals surface area contributed by atoms with E-state index in [-0.39, 0.29) is 5.56 Å². The number of carbonyl (C=O) groups is 1. The van der Waals surface area contributed by atoms with E-state index in [2.05, 4.69) is 5.32 Å². The zero-order valence-electron chi connectivity index (χ0n) is 9.47. The minimum Gasteiger partial charge on any atom is -0.334 e. The van der Waals surface area contributed by atoms with Crippen molar-refractivity contribution in [3.8, 4) is 6.07 Å². The van der Waals surface area contributed by atoms with E-state index < -0.39 is 17.3 Å². The predicted octanol–water partition coefficient (Wildman–Crippen LogP) is 2.17. The number of nitrogens with zero attached hydrogens (tertiary/aromatic N) is 1. The van der Waals surface area contributed by atoms with E-state index in [0.29, 0.717) is 5.56 Å². The molecule has 1 aromatic carbocycles. The first kappa shape index (κ1) is 12.2. The van der Waals surface area contributed by atoms with Gasteiger partial charge in [-0.25, -0.2) is 4.39 Å². The zero-order valence-corrected chi connectivity index (χ0v) is 9.47. The van der Waals surface area contributed by atoms with Crippen LogP contribution in [0.1, 0.15) is 29.8 Å². The second-order valence-corrected chi connectivity index (χ2v) is 4.15. The number of hydrogen-bond donors (Lipinski definition) is 1. The maximum absolute atomic E-state index is 13.0. The second kappa shape index (κ2) is 4.31. The molecule has 84 valence electrons. The largest absolute Gasteiger partial charge is 0.334 e. The quantitative estimate of drug-likeness (QED) is 0.830. The Morgan fingerprint density at radius 3 is 2.69 bits per heavy atom. The van der Waals surface area contributed by atoms with Crippen LogP contribution in [0.4, 0.5) is 4.39 Å². The van der Waals surface area contributed by atoms with Crippen LogP contribution in [0, 0.1) is 24.1 Å². The maximum atomic E-state index is 13.0. The lowest BCUT2D eigenvalue weighted by atomic mass is 10.0. The Labute approximate surface area is 93.9 Å². The molecule has 3 nitrogen and oxygen atoms in total. The highest BCUT2D eigenvalue weighted by Crippen LogP contribution is 2.11. The van der Waals surface area contributed by atoms with Crippen LogP contribution in [0.3, 0.4) is 0 Å². The van der Waals surface area contributed by atoms with Gasteiger partial charge in [-0.05, 0) is 38.5 Å². The average molecular weight is 220 g/mol. The summed E-state index contributed by atoms with van der Waals surface area (Å²) < 4.78 is 13.0. The third-order valence-corrected chi connectivity index (χ3v) is 2.15. The molecule has 0 saturated carbocycles. The molecule has 0 heterocycles. The Hall–Kier alpha value is -1.89. The molecule has 0 aromatic heterocycles. The van der Waals surface area contributed by atoms with Gasteiger partial charge in [0.25, 0.3) is 5.91 Å². The number of amides is 1. The molecule has 4 heteroatoms. The van der Waals surface area contributed by atoms with Crippen molar-refractivity contribution in [2.45, 2.75) is 26.3 Å². The van der Waals surface area contributed by atoms with Gasteiger partial charge >= 0.3 is 0 Å². The van der Waals surface area contributed by atoms with Gasteiger partial charge in [-0.15, -0.1) is 0 Å². The van der Waals surface area contributed by atoms with E-state index in [1.165, 1.54) is 12.1 Å². The van der Waals surface area contributed by atoms with Gasteiger partial charge < -0.3 is 5.32 Å². The number of aryl methyl sites for hydroxylation is 1. The number of nitrogens with one attached hydrogen (secondary N) is 1. The third-order valence-electron chi connectivity index (χ3n) is 2.15. The summed E-state index contributed by atoms with van der Waals surface area (Å²) in [6.45, 7) is 4.88. The van der Waals surface area contributed by atoms with Crippen molar-refractivity contribution >= 4 is 5.91 Å². The minimum atomic E-state index is -0.962. The number of carbonyl (C=O) groups excluding carboxylic acids is 1. The zero-order chi connectivity index (χ0) is 12.3. The van der Waals surface area contributed by atoms with Crippen molar-refractivity contribution < 1.29 is 9.18 Å². The lowest BCUT2D eigenvalue weighted by Gasteiger charge is -2.18. The average Bonchev–Trinajstić information content (AvgIpc) is 2.21. The fourth-order valence-corrected chi connectivity index (χ4v) is 1.22. The Morgan fingerprint density at radius 2 is 2.12 bits per heavy atom. The summed E-state index contributed by atoms with van der Waals surface area (Å²) in [7, 11) is 0. The molecule has 0 fully saturated rings. The van der Waals surface area contributed by atoms with Gasteiger partial charge in [0.15, 0.2) is 0 Å². The lowest BCUT2D eigenvalue weighted by Crippen LogP contribution is -2.42. The molecule has 16 heavy (non-hydrogen) atoms. The smallest absolute Gasteiger partial charge is 0.252 e. The fourth-order valence-electron chi connectivity index (χ4n) is 1.22. The van der Waals surface area contributed by atoms with Crippen LogP contribution in [-0.2, 0) is 0 Å². The first-order chi connectivity index (χ1) is 7.35. The Balaban J connectivity index is 2.98. The Kier molecular flexibility index (Phi) is 3.28. The van der Waals surface area contributed by atoms with Gasteiger partial charge in [-0.3, -0.25) is 4.79 Å². The molecule has 0 radical (unpaired) electrons. The monoisotopic (exact) mass is 220 g/mol. The summed E-state index contributed by atoms with van der Waals surface area (Å²) >= 11 is 0. The highest BCUT2D eigenvalue weighted by atomic mass is 19.1. The lowest BCUT2D eigenvalue weighted by molar-refractivity contribution is 0.0928. The molecule has 0 aliphatic heterocycles. The van der Waals surface area contributed by atoms with E-state index in [9.17, 15) is 9.18 Å². The van der Waals surface area contributed by atoms with Crippen LogP contribution >= 0.6 is 0 Å². The number of halogens is 1. The molecule has 0 atom stereocenters. The van der Waals surface area contributed by atoms with Crippen LogP contribution in [0.2, 0.25) is 0 Å².